The van der Waals surface area contributed by atoms with Crippen molar-refractivity contribution >= 4 is 17.7 Å². The van der Waals surface area contributed by atoms with Crippen LogP contribution in [0.2, 0.25) is 0 Å². The molecule has 1 aromatic carbocycles. The van der Waals surface area contributed by atoms with Crippen molar-refractivity contribution in [2.24, 2.45) is 0 Å². The maximum Gasteiger partial charge on any atom is 0.261 e. The Bertz CT molecular complexity index is 636. The summed E-state index contributed by atoms with van der Waals surface area (Å²) in [5.41, 5.74) is 0.885. The molecule has 1 saturated heterocycles. The van der Waals surface area contributed by atoms with Crippen molar-refractivity contribution in [2.75, 3.05) is 19.7 Å². The number of nitrogens with zero attached hydrogens (tertiary/aromatic N) is 2. The average molecular weight is 344 g/mol. The fourth-order valence-corrected chi connectivity index (χ4v) is 3.75. The third-order valence-electron chi connectivity index (χ3n) is 5.06. The van der Waals surface area contributed by atoms with Crippen molar-refractivity contribution in [3.05, 3.63) is 35.4 Å². The number of likely N-dealkylation sites (tertiary alicyclic amines) is 1. The fraction of sp³-hybridized carbons (Fsp3) is 0.526. The first-order valence-corrected chi connectivity index (χ1v) is 8.99. The van der Waals surface area contributed by atoms with E-state index < -0.39 is 0 Å². The summed E-state index contributed by atoms with van der Waals surface area (Å²) in [5, 5.41) is 9.16. The van der Waals surface area contributed by atoms with E-state index in [4.69, 9.17) is 5.11 Å². The first-order chi connectivity index (χ1) is 12.1. The third kappa shape index (κ3) is 3.58. The normalized spacial score (nSPS) is 20.1. The number of aliphatic hydroxyl groups excluding tert-OH is 1. The standard InChI is InChI=1S/C19H24N2O4/c22-13-10-14-6-3-4-11-20(14)17(23)9-5-12-21-18(24)15-7-1-2-8-16(15)19(21)25/h1-2,7-8,14,22H,3-6,9-13H2. The topological polar surface area (TPSA) is 77.9 Å². The van der Waals surface area contributed by atoms with Crippen molar-refractivity contribution in [1.29, 1.82) is 0 Å². The van der Waals surface area contributed by atoms with Crippen LogP contribution in [0.3, 0.4) is 0 Å². The first-order valence-electron chi connectivity index (χ1n) is 8.99. The molecule has 1 unspecified atom stereocenters. The molecule has 0 aliphatic carbocycles. The molecule has 6 heteroatoms. The lowest BCUT2D eigenvalue weighted by Gasteiger charge is -2.35. The van der Waals surface area contributed by atoms with E-state index in [1.54, 1.807) is 24.3 Å². The number of carbonyl (C=O) groups excluding carboxylic acids is 3. The minimum absolute atomic E-state index is 0.0507. The average Bonchev–Trinajstić information content (AvgIpc) is 2.87. The minimum Gasteiger partial charge on any atom is -0.396 e. The number of fused-ring (bicyclic) bond motifs is 1. The largest absolute Gasteiger partial charge is 0.396 e. The highest BCUT2D eigenvalue weighted by molar-refractivity contribution is 6.21. The number of carbonyl (C=O) groups is 3. The summed E-state index contributed by atoms with van der Waals surface area (Å²) in [4.78, 5) is 40.2. The van der Waals surface area contributed by atoms with Crippen molar-refractivity contribution in [1.82, 2.24) is 9.80 Å². The molecule has 1 N–H and O–H groups in total. The second-order valence-electron chi connectivity index (χ2n) is 6.66. The highest BCUT2D eigenvalue weighted by Gasteiger charge is 2.35. The zero-order chi connectivity index (χ0) is 17.8. The molecule has 2 aliphatic heterocycles. The van der Waals surface area contributed by atoms with Crippen LogP contribution in [0.15, 0.2) is 24.3 Å². The van der Waals surface area contributed by atoms with Gasteiger partial charge in [0.15, 0.2) is 0 Å². The maximum absolute atomic E-state index is 12.5. The Labute approximate surface area is 147 Å². The molecule has 1 aromatic rings. The first kappa shape index (κ1) is 17.6. The van der Waals surface area contributed by atoms with Gasteiger partial charge in [0.1, 0.15) is 0 Å². The summed E-state index contributed by atoms with van der Waals surface area (Å²) in [6, 6.07) is 6.93. The summed E-state index contributed by atoms with van der Waals surface area (Å²) in [7, 11) is 0. The molecule has 0 radical (unpaired) electrons. The van der Waals surface area contributed by atoms with E-state index in [1.807, 2.05) is 4.90 Å². The summed E-state index contributed by atoms with van der Waals surface area (Å²) in [6.45, 7) is 1.08. The summed E-state index contributed by atoms with van der Waals surface area (Å²) >= 11 is 0. The number of amides is 3. The number of hydrogen-bond acceptors (Lipinski definition) is 4. The molecule has 0 aromatic heterocycles. The van der Waals surface area contributed by atoms with Crippen LogP contribution in [0.25, 0.3) is 0 Å². The number of imide groups is 1. The van der Waals surface area contributed by atoms with Gasteiger partial charge in [0.2, 0.25) is 5.91 Å². The number of hydrogen-bond donors (Lipinski definition) is 1. The van der Waals surface area contributed by atoms with E-state index in [2.05, 4.69) is 0 Å². The summed E-state index contributed by atoms with van der Waals surface area (Å²) in [6.07, 6.45) is 4.41. The Morgan fingerprint density at radius 2 is 1.80 bits per heavy atom. The van der Waals surface area contributed by atoms with Crippen LogP contribution in [0.4, 0.5) is 0 Å². The Morgan fingerprint density at radius 3 is 2.44 bits per heavy atom. The van der Waals surface area contributed by atoms with E-state index in [0.29, 0.717) is 30.4 Å². The molecule has 1 fully saturated rings. The molecule has 134 valence electrons. The van der Waals surface area contributed by atoms with Gasteiger partial charge in [-0.2, -0.15) is 0 Å². The molecule has 2 aliphatic rings. The van der Waals surface area contributed by atoms with Crippen molar-refractivity contribution in [2.45, 2.75) is 44.6 Å². The van der Waals surface area contributed by atoms with Gasteiger partial charge < -0.3 is 10.0 Å². The molecular formula is C19H24N2O4. The minimum atomic E-state index is -0.274. The van der Waals surface area contributed by atoms with E-state index in [1.165, 1.54) is 4.90 Å². The number of aliphatic hydroxyl groups is 1. The Kier molecular flexibility index (Phi) is 5.48. The van der Waals surface area contributed by atoms with Gasteiger partial charge >= 0.3 is 0 Å². The van der Waals surface area contributed by atoms with Crippen LogP contribution in [-0.2, 0) is 4.79 Å². The second-order valence-corrected chi connectivity index (χ2v) is 6.66. The van der Waals surface area contributed by atoms with Gasteiger partial charge in [0, 0.05) is 32.2 Å². The van der Waals surface area contributed by atoms with Gasteiger partial charge in [-0.15, -0.1) is 0 Å². The summed E-state index contributed by atoms with van der Waals surface area (Å²) < 4.78 is 0. The fourth-order valence-electron chi connectivity index (χ4n) is 3.75. The van der Waals surface area contributed by atoms with Crippen molar-refractivity contribution in [3.63, 3.8) is 0 Å². The second kappa shape index (κ2) is 7.78. The monoisotopic (exact) mass is 344 g/mol. The predicted molar refractivity (Wildman–Crippen MR) is 92.1 cm³/mol. The van der Waals surface area contributed by atoms with Crippen molar-refractivity contribution in [3.8, 4) is 0 Å². The van der Waals surface area contributed by atoms with Crippen molar-refractivity contribution < 1.29 is 19.5 Å². The highest BCUT2D eigenvalue weighted by atomic mass is 16.3. The lowest BCUT2D eigenvalue weighted by molar-refractivity contribution is -0.135. The lowest BCUT2D eigenvalue weighted by Crippen LogP contribution is -2.44. The van der Waals surface area contributed by atoms with Gasteiger partial charge in [-0.25, -0.2) is 0 Å². The lowest BCUT2D eigenvalue weighted by atomic mass is 9.99. The van der Waals surface area contributed by atoms with Gasteiger partial charge in [-0.05, 0) is 44.2 Å². The van der Waals surface area contributed by atoms with E-state index in [0.717, 1.165) is 25.8 Å². The quantitative estimate of drug-likeness (QED) is 0.799. The molecule has 0 spiro atoms. The van der Waals surface area contributed by atoms with E-state index in [9.17, 15) is 14.4 Å². The predicted octanol–water partition coefficient (Wildman–Crippen LogP) is 1.83. The Morgan fingerprint density at radius 1 is 1.12 bits per heavy atom. The van der Waals surface area contributed by atoms with Crippen LogP contribution in [-0.4, -0.2) is 58.4 Å². The van der Waals surface area contributed by atoms with Gasteiger partial charge in [-0.1, -0.05) is 12.1 Å². The molecule has 0 saturated carbocycles. The van der Waals surface area contributed by atoms with Gasteiger partial charge in [0.25, 0.3) is 11.8 Å². The molecule has 25 heavy (non-hydrogen) atoms. The smallest absolute Gasteiger partial charge is 0.261 e. The molecular weight excluding hydrogens is 320 g/mol. The molecule has 3 rings (SSSR count). The molecule has 1 atom stereocenters. The Balaban J connectivity index is 1.54. The molecule has 0 bridgehead atoms. The van der Waals surface area contributed by atoms with Crippen LogP contribution in [0.5, 0.6) is 0 Å². The maximum atomic E-state index is 12.5. The summed E-state index contributed by atoms with van der Waals surface area (Å²) in [5.74, 6) is -0.497. The SMILES string of the molecule is O=C1c2ccccc2C(=O)N1CCCC(=O)N1CCCCC1CCO. The van der Waals surface area contributed by atoms with Gasteiger partial charge in [-0.3, -0.25) is 19.3 Å². The number of rotatable bonds is 6. The van der Waals surface area contributed by atoms with E-state index in [-0.39, 0.29) is 36.9 Å². The third-order valence-corrected chi connectivity index (χ3v) is 5.06. The zero-order valence-electron chi connectivity index (χ0n) is 14.3. The van der Waals surface area contributed by atoms with Gasteiger partial charge in [0.05, 0.1) is 11.1 Å². The van der Waals surface area contributed by atoms with Crippen LogP contribution in [0.1, 0.15) is 59.2 Å². The van der Waals surface area contributed by atoms with Crippen LogP contribution in [0, 0.1) is 0 Å². The van der Waals surface area contributed by atoms with E-state index >= 15 is 0 Å². The zero-order valence-corrected chi connectivity index (χ0v) is 14.3. The Hall–Kier alpha value is -2.21. The highest BCUT2D eigenvalue weighted by Crippen LogP contribution is 2.24. The molecule has 6 nitrogen and oxygen atoms in total. The number of benzene rings is 1. The van der Waals surface area contributed by atoms with Crippen LogP contribution < -0.4 is 0 Å². The number of piperidine rings is 1. The molecule has 3 amide bonds. The molecule has 2 heterocycles. The van der Waals surface area contributed by atoms with Crippen LogP contribution >= 0.6 is 0 Å².